The first-order chi connectivity index (χ1) is 9.24. The predicted octanol–water partition coefficient (Wildman–Crippen LogP) is 2.09. The van der Waals surface area contributed by atoms with Crippen LogP contribution >= 0.6 is 11.6 Å². The molecule has 1 aromatic heterocycles. The molecule has 19 heavy (non-hydrogen) atoms. The van der Waals surface area contributed by atoms with Gasteiger partial charge in [0.25, 0.3) is 5.91 Å². The number of rotatable bonds is 2. The van der Waals surface area contributed by atoms with Crippen molar-refractivity contribution in [3.05, 3.63) is 35.1 Å². The number of amides is 1. The van der Waals surface area contributed by atoms with Crippen molar-refractivity contribution in [2.45, 2.75) is 0 Å². The summed E-state index contributed by atoms with van der Waals surface area (Å²) in [6.45, 7) is 0.886. The second-order valence-corrected chi connectivity index (χ2v) is 4.28. The van der Waals surface area contributed by atoms with Gasteiger partial charge in [-0.25, -0.2) is 4.98 Å². The summed E-state index contributed by atoms with van der Waals surface area (Å²) >= 11 is 6.06. The molecule has 0 fully saturated rings. The third-order valence-corrected chi connectivity index (χ3v) is 2.87. The van der Waals surface area contributed by atoms with Crippen LogP contribution in [0, 0.1) is 0 Å². The molecule has 6 nitrogen and oxygen atoms in total. The Hall–Kier alpha value is -2.21. The Morgan fingerprint density at radius 1 is 1.37 bits per heavy atom. The summed E-state index contributed by atoms with van der Waals surface area (Å²) in [5, 5.41) is 2.96. The highest BCUT2D eigenvalue weighted by molar-refractivity contribution is 6.32. The van der Waals surface area contributed by atoms with E-state index in [0.717, 1.165) is 0 Å². The number of H-pyrrole nitrogens is 1. The van der Waals surface area contributed by atoms with Gasteiger partial charge < -0.3 is 14.5 Å². The molecule has 2 heterocycles. The van der Waals surface area contributed by atoms with Gasteiger partial charge in [-0.2, -0.15) is 0 Å². The Bertz CT molecular complexity index is 613. The van der Waals surface area contributed by atoms with Gasteiger partial charge in [-0.3, -0.25) is 10.1 Å². The molecule has 1 amide bonds. The number of nitrogens with one attached hydrogen (secondary N) is 2. The molecule has 0 saturated heterocycles. The fourth-order valence-electron chi connectivity index (χ4n) is 1.76. The number of benzene rings is 1. The van der Waals surface area contributed by atoms with Crippen LogP contribution in [0.3, 0.4) is 0 Å². The smallest absolute Gasteiger partial charge is 0.258 e. The molecular formula is C12H10ClN3O3. The highest BCUT2D eigenvalue weighted by atomic mass is 35.5. The van der Waals surface area contributed by atoms with E-state index in [9.17, 15) is 4.79 Å². The van der Waals surface area contributed by atoms with Gasteiger partial charge in [-0.1, -0.05) is 11.6 Å². The monoisotopic (exact) mass is 279 g/mol. The zero-order valence-corrected chi connectivity index (χ0v) is 10.5. The number of imidazole rings is 1. The summed E-state index contributed by atoms with van der Waals surface area (Å²) in [7, 11) is 0. The number of aromatic nitrogens is 2. The molecule has 2 N–H and O–H groups in total. The minimum Gasteiger partial charge on any atom is -0.486 e. The van der Waals surface area contributed by atoms with Crippen molar-refractivity contribution in [3.63, 3.8) is 0 Å². The van der Waals surface area contributed by atoms with Crippen LogP contribution in [0.5, 0.6) is 11.5 Å². The number of anilines is 1. The molecule has 0 atom stereocenters. The zero-order valence-electron chi connectivity index (χ0n) is 9.77. The fourth-order valence-corrected chi connectivity index (χ4v) is 2.02. The number of carbonyl (C=O) groups is 1. The Morgan fingerprint density at radius 2 is 2.21 bits per heavy atom. The van der Waals surface area contributed by atoms with Crippen molar-refractivity contribution in [1.82, 2.24) is 9.97 Å². The first-order valence-corrected chi connectivity index (χ1v) is 6.02. The van der Waals surface area contributed by atoms with Crippen molar-refractivity contribution < 1.29 is 14.3 Å². The average Bonchev–Trinajstić information content (AvgIpc) is 2.91. The first-order valence-electron chi connectivity index (χ1n) is 5.64. The van der Waals surface area contributed by atoms with Crippen molar-refractivity contribution in [2.75, 3.05) is 18.5 Å². The van der Waals surface area contributed by atoms with E-state index in [1.165, 1.54) is 6.07 Å². The van der Waals surface area contributed by atoms with Crippen molar-refractivity contribution in [1.29, 1.82) is 0 Å². The molecule has 98 valence electrons. The second kappa shape index (κ2) is 4.81. The Labute approximate surface area is 113 Å². The summed E-state index contributed by atoms with van der Waals surface area (Å²) in [6.07, 6.45) is 3.17. The molecule has 1 aliphatic rings. The number of aromatic amines is 1. The van der Waals surface area contributed by atoms with Crippen LogP contribution in [-0.4, -0.2) is 29.1 Å². The predicted molar refractivity (Wildman–Crippen MR) is 69.0 cm³/mol. The topological polar surface area (TPSA) is 76.2 Å². The lowest BCUT2D eigenvalue weighted by Crippen LogP contribution is -2.18. The van der Waals surface area contributed by atoms with E-state index >= 15 is 0 Å². The Balaban J connectivity index is 1.88. The van der Waals surface area contributed by atoms with E-state index in [4.69, 9.17) is 21.1 Å². The number of hydrogen-bond donors (Lipinski definition) is 2. The van der Waals surface area contributed by atoms with Crippen LogP contribution in [0.25, 0.3) is 0 Å². The normalized spacial score (nSPS) is 13.1. The molecular weight excluding hydrogens is 270 g/mol. The van der Waals surface area contributed by atoms with Gasteiger partial charge >= 0.3 is 0 Å². The maximum atomic E-state index is 12.0. The van der Waals surface area contributed by atoms with Gasteiger partial charge in [-0.05, 0) is 12.1 Å². The molecule has 1 aromatic carbocycles. The SMILES string of the molecule is O=C(Nc1ncc[nH]1)c1cc(Cl)c2c(c1)OCCO2. The second-order valence-electron chi connectivity index (χ2n) is 3.87. The van der Waals surface area contributed by atoms with Crippen LogP contribution in [0.1, 0.15) is 10.4 Å². The summed E-state index contributed by atoms with van der Waals surface area (Å²) in [4.78, 5) is 18.7. The highest BCUT2D eigenvalue weighted by Gasteiger charge is 2.19. The number of nitrogens with zero attached hydrogens (tertiary/aromatic N) is 1. The van der Waals surface area contributed by atoms with Crippen molar-refractivity contribution >= 4 is 23.5 Å². The largest absolute Gasteiger partial charge is 0.486 e. The summed E-state index contributed by atoms with van der Waals surface area (Å²) in [5.41, 5.74) is 0.380. The van der Waals surface area contributed by atoms with Crippen molar-refractivity contribution in [2.24, 2.45) is 0 Å². The molecule has 0 spiro atoms. The molecule has 0 aliphatic carbocycles. The molecule has 1 aliphatic heterocycles. The number of halogens is 1. The number of ether oxygens (including phenoxy) is 2. The van der Waals surface area contributed by atoms with Crippen molar-refractivity contribution in [3.8, 4) is 11.5 Å². The van der Waals surface area contributed by atoms with Gasteiger partial charge in [0.05, 0.1) is 5.02 Å². The van der Waals surface area contributed by atoms with Crippen LogP contribution < -0.4 is 14.8 Å². The maximum Gasteiger partial charge on any atom is 0.258 e. The Kier molecular flexibility index (Phi) is 3.00. The summed E-state index contributed by atoms with van der Waals surface area (Å²) < 4.78 is 10.8. The lowest BCUT2D eigenvalue weighted by atomic mass is 10.2. The van der Waals surface area contributed by atoms with E-state index in [1.54, 1.807) is 18.5 Å². The summed E-state index contributed by atoms with van der Waals surface area (Å²) in [5.74, 6) is 0.996. The van der Waals surface area contributed by atoms with Gasteiger partial charge in [-0.15, -0.1) is 0 Å². The van der Waals surface area contributed by atoms with Crippen LogP contribution in [-0.2, 0) is 0 Å². The molecule has 7 heteroatoms. The lowest BCUT2D eigenvalue weighted by molar-refractivity contribution is 0.102. The third kappa shape index (κ3) is 2.34. The highest BCUT2D eigenvalue weighted by Crippen LogP contribution is 2.38. The zero-order chi connectivity index (χ0) is 13.2. The molecule has 0 bridgehead atoms. The molecule has 2 aromatic rings. The fraction of sp³-hybridized carbons (Fsp3) is 0.167. The standard InChI is InChI=1S/C12H10ClN3O3/c13-8-5-7(6-9-10(8)19-4-3-18-9)11(17)16-12-14-1-2-15-12/h1-2,5-6H,3-4H2,(H2,14,15,16,17). The third-order valence-electron chi connectivity index (χ3n) is 2.59. The van der Waals surface area contributed by atoms with Gasteiger partial charge in [0, 0.05) is 18.0 Å². The maximum absolute atomic E-state index is 12.0. The van der Waals surface area contributed by atoms with Gasteiger partial charge in [0.15, 0.2) is 11.5 Å². The minimum absolute atomic E-state index is 0.325. The molecule has 0 unspecified atom stereocenters. The van der Waals surface area contributed by atoms with Crippen LogP contribution in [0.4, 0.5) is 5.95 Å². The summed E-state index contributed by atoms with van der Waals surface area (Å²) in [6, 6.07) is 3.13. The number of hydrogen-bond acceptors (Lipinski definition) is 4. The van der Waals surface area contributed by atoms with E-state index < -0.39 is 0 Å². The van der Waals surface area contributed by atoms with E-state index in [2.05, 4.69) is 15.3 Å². The quantitative estimate of drug-likeness (QED) is 0.882. The van der Waals surface area contributed by atoms with Crippen LogP contribution in [0.2, 0.25) is 5.02 Å². The average molecular weight is 280 g/mol. The lowest BCUT2D eigenvalue weighted by Gasteiger charge is -2.20. The molecule has 0 radical (unpaired) electrons. The molecule has 0 saturated carbocycles. The molecule has 3 rings (SSSR count). The van der Waals surface area contributed by atoms with Crippen LogP contribution in [0.15, 0.2) is 24.5 Å². The first kappa shape index (κ1) is 11.9. The van der Waals surface area contributed by atoms with E-state index in [0.29, 0.717) is 41.2 Å². The van der Waals surface area contributed by atoms with Gasteiger partial charge in [0.1, 0.15) is 13.2 Å². The van der Waals surface area contributed by atoms with Gasteiger partial charge in [0.2, 0.25) is 5.95 Å². The number of carbonyl (C=O) groups excluding carboxylic acids is 1. The Morgan fingerprint density at radius 3 is 3.00 bits per heavy atom. The van der Waals surface area contributed by atoms with E-state index in [1.807, 2.05) is 0 Å². The minimum atomic E-state index is -0.325. The van der Waals surface area contributed by atoms with E-state index in [-0.39, 0.29) is 5.91 Å². The number of fused-ring (bicyclic) bond motifs is 1.